The van der Waals surface area contributed by atoms with Gasteiger partial charge in [-0.3, -0.25) is 4.79 Å². The third-order valence-corrected chi connectivity index (χ3v) is 3.99. The molecule has 3 heteroatoms. The topological polar surface area (TPSA) is 29.1 Å². The van der Waals surface area contributed by atoms with E-state index in [4.69, 9.17) is 0 Å². The summed E-state index contributed by atoms with van der Waals surface area (Å²) in [6.07, 6.45) is 6.29. The first kappa shape index (κ1) is 12.9. The molecule has 1 amide bonds. The van der Waals surface area contributed by atoms with E-state index in [-0.39, 0.29) is 11.3 Å². The molecule has 2 nitrogen and oxygen atoms in total. The van der Waals surface area contributed by atoms with Crippen LogP contribution >= 0.6 is 12.6 Å². The zero-order chi connectivity index (χ0) is 11.3. The molecule has 1 fully saturated rings. The van der Waals surface area contributed by atoms with Gasteiger partial charge in [-0.2, -0.15) is 12.6 Å². The van der Waals surface area contributed by atoms with Crippen LogP contribution in [0.25, 0.3) is 0 Å². The molecule has 1 aliphatic rings. The summed E-state index contributed by atoms with van der Waals surface area (Å²) < 4.78 is 0. The number of hydrogen-bond donors (Lipinski definition) is 2. The maximum absolute atomic E-state index is 11.8. The van der Waals surface area contributed by atoms with Gasteiger partial charge in [0.2, 0.25) is 5.91 Å². The van der Waals surface area contributed by atoms with Gasteiger partial charge in [0.15, 0.2) is 0 Å². The van der Waals surface area contributed by atoms with Crippen LogP contribution in [0.5, 0.6) is 0 Å². The molecule has 0 aliphatic heterocycles. The van der Waals surface area contributed by atoms with Gasteiger partial charge in [-0.05, 0) is 36.9 Å². The molecule has 0 spiro atoms. The predicted molar refractivity (Wildman–Crippen MR) is 67.3 cm³/mol. The predicted octanol–water partition coefficient (Wildman–Crippen LogP) is 2.78. The fourth-order valence-electron chi connectivity index (χ4n) is 1.91. The minimum absolute atomic E-state index is 0.224. The van der Waals surface area contributed by atoms with Crippen molar-refractivity contribution >= 4 is 18.5 Å². The molecule has 0 radical (unpaired) electrons. The Kier molecular flexibility index (Phi) is 4.97. The summed E-state index contributed by atoms with van der Waals surface area (Å²) in [5, 5.41) is 3.13. The molecule has 0 heterocycles. The van der Waals surface area contributed by atoms with Crippen LogP contribution in [0.15, 0.2) is 0 Å². The van der Waals surface area contributed by atoms with E-state index >= 15 is 0 Å². The molecule has 1 rings (SSSR count). The van der Waals surface area contributed by atoms with Crippen molar-refractivity contribution in [3.8, 4) is 0 Å². The molecule has 0 aromatic carbocycles. The number of amides is 1. The highest BCUT2D eigenvalue weighted by Crippen LogP contribution is 2.49. The number of carbonyl (C=O) groups excluding carboxylic acids is 1. The summed E-state index contributed by atoms with van der Waals surface area (Å²) in [5.41, 5.74) is 0.248. The zero-order valence-electron chi connectivity index (χ0n) is 9.88. The van der Waals surface area contributed by atoms with E-state index in [9.17, 15) is 4.79 Å². The Morgan fingerprint density at radius 2 is 2.13 bits per heavy atom. The summed E-state index contributed by atoms with van der Waals surface area (Å²) in [6.45, 7) is 4.29. The minimum Gasteiger partial charge on any atom is -0.353 e. The Balaban J connectivity index is 2.28. The van der Waals surface area contributed by atoms with Crippen molar-refractivity contribution in [1.29, 1.82) is 0 Å². The van der Waals surface area contributed by atoms with Gasteiger partial charge < -0.3 is 5.32 Å². The molecule has 1 unspecified atom stereocenters. The van der Waals surface area contributed by atoms with E-state index in [2.05, 4.69) is 31.8 Å². The van der Waals surface area contributed by atoms with Crippen LogP contribution in [0.4, 0.5) is 0 Å². The van der Waals surface area contributed by atoms with Gasteiger partial charge >= 0.3 is 0 Å². The van der Waals surface area contributed by atoms with E-state index < -0.39 is 0 Å². The van der Waals surface area contributed by atoms with Gasteiger partial charge in [-0.25, -0.2) is 0 Å². The van der Waals surface area contributed by atoms with Gasteiger partial charge in [0.25, 0.3) is 0 Å². The Labute approximate surface area is 98.6 Å². The van der Waals surface area contributed by atoms with Crippen LogP contribution in [0.1, 0.15) is 52.4 Å². The molecule has 1 aliphatic carbocycles. The van der Waals surface area contributed by atoms with Gasteiger partial charge in [0.05, 0.1) is 0 Å². The summed E-state index contributed by atoms with van der Waals surface area (Å²) in [4.78, 5) is 11.8. The van der Waals surface area contributed by atoms with E-state index in [1.54, 1.807) is 0 Å². The van der Waals surface area contributed by atoms with E-state index in [1.165, 1.54) is 12.8 Å². The van der Waals surface area contributed by atoms with Crippen LogP contribution in [-0.4, -0.2) is 17.7 Å². The van der Waals surface area contributed by atoms with Crippen LogP contribution in [-0.2, 0) is 4.79 Å². The van der Waals surface area contributed by atoms with Crippen molar-refractivity contribution in [3.63, 3.8) is 0 Å². The third-order valence-electron chi connectivity index (χ3n) is 3.32. The lowest BCUT2D eigenvalue weighted by atomic mass is 10.0. The van der Waals surface area contributed by atoms with E-state index in [1.807, 2.05) is 0 Å². The first-order valence-corrected chi connectivity index (χ1v) is 6.69. The van der Waals surface area contributed by atoms with Crippen LogP contribution in [0.2, 0.25) is 0 Å². The Morgan fingerprint density at radius 1 is 1.47 bits per heavy atom. The first-order valence-electron chi connectivity index (χ1n) is 6.06. The maximum Gasteiger partial charge on any atom is 0.220 e. The van der Waals surface area contributed by atoms with Crippen LogP contribution in [0.3, 0.4) is 0 Å². The van der Waals surface area contributed by atoms with Crippen molar-refractivity contribution < 1.29 is 4.79 Å². The molecule has 15 heavy (non-hydrogen) atoms. The lowest BCUT2D eigenvalue weighted by molar-refractivity contribution is -0.122. The zero-order valence-corrected chi connectivity index (χ0v) is 10.8. The number of hydrogen-bond acceptors (Lipinski definition) is 2. The molecule has 1 saturated carbocycles. The van der Waals surface area contributed by atoms with Crippen LogP contribution in [0, 0.1) is 5.41 Å². The Bertz CT molecular complexity index is 214. The van der Waals surface area contributed by atoms with Crippen molar-refractivity contribution in [3.05, 3.63) is 0 Å². The first-order chi connectivity index (χ1) is 7.15. The second kappa shape index (κ2) is 5.78. The van der Waals surface area contributed by atoms with Gasteiger partial charge in [-0.1, -0.05) is 20.3 Å². The molecule has 0 aromatic heterocycles. The Hall–Kier alpha value is -0.180. The summed E-state index contributed by atoms with van der Waals surface area (Å²) in [5.74, 6) is 1.08. The highest BCUT2D eigenvalue weighted by atomic mass is 32.1. The SMILES string of the molecule is CCCC(CC)NC(=O)CC1(CS)CC1. The van der Waals surface area contributed by atoms with E-state index in [0.29, 0.717) is 12.5 Å². The number of nitrogens with one attached hydrogen (secondary N) is 1. The highest BCUT2D eigenvalue weighted by Gasteiger charge is 2.42. The smallest absolute Gasteiger partial charge is 0.220 e. The lowest BCUT2D eigenvalue weighted by Crippen LogP contribution is -2.35. The Morgan fingerprint density at radius 3 is 2.53 bits per heavy atom. The third kappa shape index (κ3) is 4.06. The van der Waals surface area contributed by atoms with Gasteiger partial charge in [0, 0.05) is 12.5 Å². The number of rotatable bonds is 7. The average Bonchev–Trinajstić information content (AvgIpc) is 2.97. The molecule has 0 aromatic rings. The fourth-order valence-corrected chi connectivity index (χ4v) is 2.34. The monoisotopic (exact) mass is 229 g/mol. The fraction of sp³-hybridized carbons (Fsp3) is 0.917. The van der Waals surface area contributed by atoms with Crippen molar-refractivity contribution in [2.75, 3.05) is 5.75 Å². The van der Waals surface area contributed by atoms with Crippen molar-refractivity contribution in [2.24, 2.45) is 5.41 Å². The molecule has 1 N–H and O–H groups in total. The summed E-state index contributed by atoms with van der Waals surface area (Å²) in [6, 6.07) is 0.373. The number of thiol groups is 1. The standard InChI is InChI=1S/C12H23NOS/c1-3-5-10(4-2)13-11(14)8-12(9-15)6-7-12/h10,15H,3-9H2,1-2H3,(H,13,14). The van der Waals surface area contributed by atoms with Gasteiger partial charge in [0.1, 0.15) is 0 Å². The van der Waals surface area contributed by atoms with Crippen LogP contribution < -0.4 is 5.32 Å². The average molecular weight is 229 g/mol. The second-order valence-electron chi connectivity index (χ2n) is 4.80. The van der Waals surface area contributed by atoms with Crippen molar-refractivity contribution in [1.82, 2.24) is 5.32 Å². The largest absolute Gasteiger partial charge is 0.353 e. The minimum atomic E-state index is 0.224. The second-order valence-corrected chi connectivity index (χ2v) is 5.11. The maximum atomic E-state index is 11.8. The molecular weight excluding hydrogens is 206 g/mol. The lowest BCUT2D eigenvalue weighted by Gasteiger charge is -2.18. The summed E-state index contributed by atoms with van der Waals surface area (Å²) >= 11 is 4.31. The molecular formula is C12H23NOS. The van der Waals surface area contributed by atoms with Crippen molar-refractivity contribution in [2.45, 2.75) is 58.4 Å². The molecule has 0 bridgehead atoms. The normalized spacial score (nSPS) is 19.7. The molecule has 88 valence electrons. The highest BCUT2D eigenvalue weighted by molar-refractivity contribution is 7.80. The molecule has 0 saturated heterocycles. The van der Waals surface area contributed by atoms with E-state index in [0.717, 1.165) is 25.0 Å². The number of carbonyl (C=O) groups is 1. The van der Waals surface area contributed by atoms with Gasteiger partial charge in [-0.15, -0.1) is 0 Å². The quantitative estimate of drug-likeness (QED) is 0.646. The molecule has 1 atom stereocenters. The summed E-state index contributed by atoms with van der Waals surface area (Å²) in [7, 11) is 0.